The third-order valence-electron chi connectivity index (χ3n) is 1.25. The molecule has 13 heavy (non-hydrogen) atoms. The van der Waals surface area contributed by atoms with Crippen molar-refractivity contribution in [3.05, 3.63) is 16.6 Å². The monoisotopic (exact) mass is 200 g/mol. The first-order valence-corrected chi connectivity index (χ1v) is 4.94. The predicted octanol–water partition coefficient (Wildman–Crippen LogP) is 1.46. The molecule has 0 spiro atoms. The molecule has 1 aromatic rings. The summed E-state index contributed by atoms with van der Waals surface area (Å²) in [6, 6.07) is 0. The number of thiazole rings is 1. The molecule has 0 unspecified atom stereocenters. The van der Waals surface area contributed by atoms with Crippen LogP contribution in [-0.2, 0) is 4.84 Å². The van der Waals surface area contributed by atoms with Crippen molar-refractivity contribution >= 4 is 17.2 Å². The van der Waals surface area contributed by atoms with E-state index in [0.29, 0.717) is 18.2 Å². The first-order valence-electron chi connectivity index (χ1n) is 4.00. The van der Waals surface area contributed by atoms with Crippen LogP contribution >= 0.6 is 11.3 Å². The molecular weight excluding hydrogens is 188 g/mol. The van der Waals surface area contributed by atoms with Gasteiger partial charge in [0.1, 0.15) is 5.69 Å². The summed E-state index contributed by atoms with van der Waals surface area (Å²) < 4.78 is 0. The maximum atomic E-state index is 11.2. The van der Waals surface area contributed by atoms with Crippen LogP contribution in [0.1, 0.15) is 24.3 Å². The molecule has 1 amide bonds. The normalized spacial score (nSPS) is 10.4. The summed E-state index contributed by atoms with van der Waals surface area (Å²) in [4.78, 5) is 20.0. The summed E-state index contributed by atoms with van der Waals surface area (Å²) in [6.07, 6.45) is 0. The van der Waals surface area contributed by atoms with Crippen LogP contribution in [0.25, 0.3) is 0 Å². The molecule has 5 heteroatoms. The standard InChI is InChI=1S/C8H12N2O2S/c1-6(2)3-12-10-8(11)7-4-13-5-9-7/h4-6H,3H2,1-2H3,(H,10,11). The van der Waals surface area contributed by atoms with E-state index in [2.05, 4.69) is 10.5 Å². The van der Waals surface area contributed by atoms with Gasteiger partial charge in [-0.05, 0) is 5.92 Å². The molecule has 0 fully saturated rings. The highest BCUT2D eigenvalue weighted by molar-refractivity contribution is 7.07. The second kappa shape index (κ2) is 4.94. The number of nitrogens with zero attached hydrogens (tertiary/aromatic N) is 1. The Bertz CT molecular complexity index is 259. The molecule has 1 heterocycles. The Balaban J connectivity index is 2.27. The Labute approximate surface area is 80.9 Å². The van der Waals surface area contributed by atoms with Gasteiger partial charge in [-0.3, -0.25) is 9.63 Å². The summed E-state index contributed by atoms with van der Waals surface area (Å²) in [7, 11) is 0. The average molecular weight is 200 g/mol. The maximum absolute atomic E-state index is 11.2. The van der Waals surface area contributed by atoms with Gasteiger partial charge in [-0.1, -0.05) is 13.8 Å². The lowest BCUT2D eigenvalue weighted by atomic mass is 10.2. The van der Waals surface area contributed by atoms with Gasteiger partial charge in [-0.25, -0.2) is 10.5 Å². The quantitative estimate of drug-likeness (QED) is 0.749. The van der Waals surface area contributed by atoms with Crippen LogP contribution in [0.5, 0.6) is 0 Å². The minimum atomic E-state index is -0.290. The van der Waals surface area contributed by atoms with Crippen LogP contribution in [0, 0.1) is 5.92 Å². The van der Waals surface area contributed by atoms with E-state index in [9.17, 15) is 4.79 Å². The Morgan fingerprint density at radius 3 is 3.08 bits per heavy atom. The number of rotatable bonds is 4. The van der Waals surface area contributed by atoms with Gasteiger partial charge in [-0.2, -0.15) is 0 Å². The number of amides is 1. The van der Waals surface area contributed by atoms with Gasteiger partial charge >= 0.3 is 0 Å². The molecule has 0 aliphatic rings. The number of hydroxylamine groups is 1. The van der Waals surface area contributed by atoms with E-state index in [-0.39, 0.29) is 5.91 Å². The van der Waals surface area contributed by atoms with Crippen LogP contribution in [-0.4, -0.2) is 17.5 Å². The molecule has 4 nitrogen and oxygen atoms in total. The zero-order chi connectivity index (χ0) is 9.68. The van der Waals surface area contributed by atoms with Crippen molar-refractivity contribution in [1.29, 1.82) is 0 Å². The molecule has 0 atom stereocenters. The maximum Gasteiger partial charge on any atom is 0.294 e. The third-order valence-corrected chi connectivity index (χ3v) is 1.83. The van der Waals surface area contributed by atoms with Crippen molar-refractivity contribution < 1.29 is 9.63 Å². The largest absolute Gasteiger partial charge is 0.294 e. The van der Waals surface area contributed by atoms with Gasteiger partial charge < -0.3 is 0 Å². The second-order valence-electron chi connectivity index (χ2n) is 3.01. The van der Waals surface area contributed by atoms with Crippen molar-refractivity contribution in [3.8, 4) is 0 Å². The number of carbonyl (C=O) groups is 1. The molecule has 1 N–H and O–H groups in total. The van der Waals surface area contributed by atoms with E-state index >= 15 is 0 Å². The topological polar surface area (TPSA) is 51.2 Å². The van der Waals surface area contributed by atoms with E-state index in [4.69, 9.17) is 4.84 Å². The van der Waals surface area contributed by atoms with Crippen molar-refractivity contribution in [3.63, 3.8) is 0 Å². The highest BCUT2D eigenvalue weighted by atomic mass is 32.1. The van der Waals surface area contributed by atoms with Crippen LogP contribution < -0.4 is 5.48 Å². The molecule has 72 valence electrons. The summed E-state index contributed by atoms with van der Waals surface area (Å²) >= 11 is 1.38. The highest BCUT2D eigenvalue weighted by Gasteiger charge is 2.06. The van der Waals surface area contributed by atoms with Crippen LogP contribution in [0.4, 0.5) is 0 Å². The molecule has 0 aromatic carbocycles. The Hall–Kier alpha value is -0.940. The van der Waals surface area contributed by atoms with Gasteiger partial charge in [-0.15, -0.1) is 11.3 Å². The fraction of sp³-hybridized carbons (Fsp3) is 0.500. The van der Waals surface area contributed by atoms with Crippen LogP contribution in [0.15, 0.2) is 10.9 Å². The van der Waals surface area contributed by atoms with Gasteiger partial charge in [0.2, 0.25) is 0 Å². The smallest absolute Gasteiger partial charge is 0.273 e. The van der Waals surface area contributed by atoms with Crippen molar-refractivity contribution in [1.82, 2.24) is 10.5 Å². The number of hydrogen-bond acceptors (Lipinski definition) is 4. The van der Waals surface area contributed by atoms with Crippen molar-refractivity contribution in [2.24, 2.45) is 5.92 Å². The number of hydrogen-bond donors (Lipinski definition) is 1. The summed E-state index contributed by atoms with van der Waals surface area (Å²) in [6.45, 7) is 4.53. The second-order valence-corrected chi connectivity index (χ2v) is 3.73. The SMILES string of the molecule is CC(C)CONC(=O)c1cscn1. The highest BCUT2D eigenvalue weighted by Crippen LogP contribution is 2.00. The van der Waals surface area contributed by atoms with Crippen LogP contribution in [0.2, 0.25) is 0 Å². The molecule has 0 aliphatic carbocycles. The summed E-state index contributed by atoms with van der Waals surface area (Å²) in [5.74, 6) is 0.109. The third kappa shape index (κ3) is 3.52. The van der Waals surface area contributed by atoms with E-state index in [1.54, 1.807) is 10.9 Å². The Morgan fingerprint density at radius 2 is 2.54 bits per heavy atom. The molecule has 0 aliphatic heterocycles. The molecule has 1 rings (SSSR count). The van der Waals surface area contributed by atoms with Crippen molar-refractivity contribution in [2.45, 2.75) is 13.8 Å². The lowest BCUT2D eigenvalue weighted by molar-refractivity contribution is 0.0205. The minimum absolute atomic E-state index is 0.290. The Morgan fingerprint density at radius 1 is 1.77 bits per heavy atom. The minimum Gasteiger partial charge on any atom is -0.273 e. The lowest BCUT2D eigenvalue weighted by Crippen LogP contribution is -2.25. The molecule has 0 bridgehead atoms. The van der Waals surface area contributed by atoms with E-state index < -0.39 is 0 Å². The predicted molar refractivity (Wildman–Crippen MR) is 50.4 cm³/mol. The first-order chi connectivity index (χ1) is 6.20. The van der Waals surface area contributed by atoms with Gasteiger partial charge in [0.15, 0.2) is 0 Å². The van der Waals surface area contributed by atoms with Crippen molar-refractivity contribution in [2.75, 3.05) is 6.61 Å². The molecule has 0 saturated carbocycles. The number of carbonyl (C=O) groups excluding carboxylic acids is 1. The fourth-order valence-corrected chi connectivity index (χ4v) is 1.18. The molecule has 0 saturated heterocycles. The zero-order valence-electron chi connectivity index (χ0n) is 7.61. The average Bonchev–Trinajstić information content (AvgIpc) is 2.55. The molecule has 1 aromatic heterocycles. The summed E-state index contributed by atoms with van der Waals surface area (Å²) in [5, 5.41) is 1.67. The Kier molecular flexibility index (Phi) is 3.85. The zero-order valence-corrected chi connectivity index (χ0v) is 8.43. The molecule has 0 radical (unpaired) electrons. The summed E-state index contributed by atoms with van der Waals surface area (Å²) in [5.41, 5.74) is 4.33. The van der Waals surface area contributed by atoms with Gasteiger partial charge in [0.25, 0.3) is 5.91 Å². The fourth-order valence-electron chi connectivity index (χ4n) is 0.651. The lowest BCUT2D eigenvalue weighted by Gasteiger charge is -2.05. The van der Waals surface area contributed by atoms with Gasteiger partial charge in [0, 0.05) is 5.38 Å². The van der Waals surface area contributed by atoms with Gasteiger partial charge in [0.05, 0.1) is 12.1 Å². The molecular formula is C8H12N2O2S. The number of nitrogens with one attached hydrogen (secondary N) is 1. The van der Waals surface area contributed by atoms with Crippen LogP contribution in [0.3, 0.4) is 0 Å². The van der Waals surface area contributed by atoms with E-state index in [1.165, 1.54) is 11.3 Å². The number of aromatic nitrogens is 1. The first kappa shape index (κ1) is 10.1. The van der Waals surface area contributed by atoms with E-state index in [1.807, 2.05) is 13.8 Å². The van der Waals surface area contributed by atoms with E-state index in [0.717, 1.165) is 0 Å².